The van der Waals surface area contributed by atoms with Crippen LogP contribution in [0.25, 0.3) is 0 Å². The number of pyridine rings is 1. The van der Waals surface area contributed by atoms with Crippen molar-refractivity contribution in [2.75, 3.05) is 13.2 Å². The Bertz CT molecular complexity index is 646. The van der Waals surface area contributed by atoms with E-state index in [1.807, 2.05) is 57.2 Å². The van der Waals surface area contributed by atoms with Crippen LogP contribution in [0.5, 0.6) is 5.75 Å². The zero-order valence-corrected chi connectivity index (χ0v) is 14.5. The van der Waals surface area contributed by atoms with Crippen LogP contribution in [0.3, 0.4) is 0 Å². The van der Waals surface area contributed by atoms with Gasteiger partial charge in [-0.15, -0.1) is 0 Å². The number of carbonyl (C=O) groups excluding carboxylic acids is 1. The Morgan fingerprint density at radius 2 is 2.04 bits per heavy atom. The molecule has 1 aromatic carbocycles. The fraction of sp³-hybridized carbons (Fsp3) is 0.368. The van der Waals surface area contributed by atoms with Crippen molar-refractivity contribution in [3.8, 4) is 5.75 Å². The molecule has 2 rings (SSSR count). The molecule has 5 nitrogen and oxygen atoms in total. The van der Waals surface area contributed by atoms with E-state index in [0.717, 1.165) is 16.9 Å². The number of hydrogen-bond donors (Lipinski definition) is 1. The van der Waals surface area contributed by atoms with Crippen LogP contribution in [0.4, 0.5) is 4.79 Å². The number of benzene rings is 1. The van der Waals surface area contributed by atoms with Gasteiger partial charge >= 0.3 is 6.03 Å². The van der Waals surface area contributed by atoms with Crippen LogP contribution in [0.2, 0.25) is 0 Å². The molecule has 2 amide bonds. The summed E-state index contributed by atoms with van der Waals surface area (Å²) < 4.78 is 5.60. The second kappa shape index (κ2) is 8.91. The Hall–Kier alpha value is -2.56. The van der Waals surface area contributed by atoms with E-state index in [-0.39, 0.29) is 12.1 Å². The largest absolute Gasteiger partial charge is 0.494 e. The summed E-state index contributed by atoms with van der Waals surface area (Å²) in [6.45, 7) is 7.59. The van der Waals surface area contributed by atoms with Crippen LogP contribution in [0.15, 0.2) is 48.8 Å². The van der Waals surface area contributed by atoms with E-state index in [4.69, 9.17) is 4.74 Å². The van der Waals surface area contributed by atoms with Crippen molar-refractivity contribution in [3.05, 3.63) is 59.9 Å². The quantitative estimate of drug-likeness (QED) is 0.842. The van der Waals surface area contributed by atoms with Crippen molar-refractivity contribution >= 4 is 6.03 Å². The van der Waals surface area contributed by atoms with Crippen molar-refractivity contribution in [1.29, 1.82) is 0 Å². The lowest BCUT2D eigenvalue weighted by molar-refractivity contribution is 0.182. The van der Waals surface area contributed by atoms with Gasteiger partial charge in [0.25, 0.3) is 0 Å². The van der Waals surface area contributed by atoms with Crippen LogP contribution in [0, 0.1) is 0 Å². The Kier molecular flexibility index (Phi) is 6.61. The second-order valence-corrected chi connectivity index (χ2v) is 5.45. The molecular weight excluding hydrogens is 302 g/mol. The average molecular weight is 327 g/mol. The summed E-state index contributed by atoms with van der Waals surface area (Å²) in [5.74, 6) is 0.809. The van der Waals surface area contributed by atoms with Crippen LogP contribution in [0.1, 0.15) is 37.9 Å². The molecular formula is C19H25N3O2. The molecule has 1 atom stereocenters. The van der Waals surface area contributed by atoms with E-state index < -0.39 is 0 Å². The molecule has 2 aromatic rings. The number of nitrogens with zero attached hydrogens (tertiary/aromatic N) is 2. The number of hydrogen-bond acceptors (Lipinski definition) is 3. The summed E-state index contributed by atoms with van der Waals surface area (Å²) in [5, 5.41) is 2.99. The molecule has 24 heavy (non-hydrogen) atoms. The van der Waals surface area contributed by atoms with E-state index in [9.17, 15) is 4.79 Å². The van der Waals surface area contributed by atoms with Gasteiger partial charge < -0.3 is 15.0 Å². The number of ether oxygens (including phenoxy) is 1. The van der Waals surface area contributed by atoms with Crippen LogP contribution < -0.4 is 10.1 Å². The first kappa shape index (κ1) is 17.8. The highest BCUT2D eigenvalue weighted by Crippen LogP contribution is 2.20. The van der Waals surface area contributed by atoms with Gasteiger partial charge in [0.2, 0.25) is 0 Å². The topological polar surface area (TPSA) is 54.5 Å². The minimum Gasteiger partial charge on any atom is -0.494 e. The number of carbonyl (C=O) groups is 1. The molecule has 0 radical (unpaired) electrons. The fourth-order valence-corrected chi connectivity index (χ4v) is 2.61. The van der Waals surface area contributed by atoms with Crippen LogP contribution in [-0.2, 0) is 6.54 Å². The highest BCUT2D eigenvalue weighted by Gasteiger charge is 2.20. The molecule has 1 heterocycles. The Labute approximate surface area is 143 Å². The highest BCUT2D eigenvalue weighted by atomic mass is 16.5. The first-order chi connectivity index (χ1) is 11.7. The van der Waals surface area contributed by atoms with Gasteiger partial charge in [-0.2, -0.15) is 0 Å². The molecule has 0 bridgehead atoms. The molecule has 0 saturated heterocycles. The molecule has 0 aliphatic heterocycles. The molecule has 128 valence electrons. The summed E-state index contributed by atoms with van der Waals surface area (Å²) >= 11 is 0. The smallest absolute Gasteiger partial charge is 0.318 e. The van der Waals surface area contributed by atoms with Crippen LogP contribution >= 0.6 is 0 Å². The molecule has 1 N–H and O–H groups in total. The second-order valence-electron chi connectivity index (χ2n) is 5.45. The monoisotopic (exact) mass is 327 g/mol. The molecule has 1 aromatic heterocycles. The zero-order chi connectivity index (χ0) is 17.4. The van der Waals surface area contributed by atoms with Gasteiger partial charge in [0.05, 0.1) is 12.6 Å². The van der Waals surface area contributed by atoms with Gasteiger partial charge in [-0.1, -0.05) is 24.3 Å². The molecule has 0 aliphatic carbocycles. The summed E-state index contributed by atoms with van der Waals surface area (Å²) in [5.41, 5.74) is 1.99. The van der Waals surface area contributed by atoms with Crippen molar-refractivity contribution in [2.24, 2.45) is 0 Å². The number of rotatable bonds is 7. The van der Waals surface area contributed by atoms with Crippen LogP contribution in [-0.4, -0.2) is 29.1 Å². The lowest BCUT2D eigenvalue weighted by atomic mass is 10.1. The van der Waals surface area contributed by atoms with E-state index >= 15 is 0 Å². The SMILES string of the molecule is CCOc1ccccc1CNC(=O)N(CC)[C@H](C)c1cccnc1. The maximum Gasteiger partial charge on any atom is 0.318 e. The average Bonchev–Trinajstić information content (AvgIpc) is 2.62. The van der Waals surface area contributed by atoms with Gasteiger partial charge in [0.15, 0.2) is 0 Å². The summed E-state index contributed by atoms with van der Waals surface area (Å²) in [6, 6.07) is 11.5. The third-order valence-electron chi connectivity index (χ3n) is 3.94. The third-order valence-corrected chi connectivity index (χ3v) is 3.94. The normalized spacial score (nSPS) is 11.6. The zero-order valence-electron chi connectivity index (χ0n) is 14.5. The fourth-order valence-electron chi connectivity index (χ4n) is 2.61. The van der Waals surface area contributed by atoms with Crippen molar-refractivity contribution in [2.45, 2.75) is 33.4 Å². The Balaban J connectivity index is 2.02. The number of para-hydroxylation sites is 1. The third kappa shape index (κ3) is 4.47. The Morgan fingerprint density at radius 3 is 2.71 bits per heavy atom. The molecule has 0 unspecified atom stereocenters. The van der Waals surface area contributed by atoms with Gasteiger partial charge in [-0.05, 0) is 38.5 Å². The van der Waals surface area contributed by atoms with E-state index in [1.165, 1.54) is 0 Å². The van der Waals surface area contributed by atoms with Crippen molar-refractivity contribution in [1.82, 2.24) is 15.2 Å². The highest BCUT2D eigenvalue weighted by molar-refractivity contribution is 5.74. The van der Waals surface area contributed by atoms with E-state index in [1.54, 1.807) is 17.3 Å². The summed E-state index contributed by atoms with van der Waals surface area (Å²) in [4.78, 5) is 18.5. The van der Waals surface area contributed by atoms with E-state index in [0.29, 0.717) is 19.7 Å². The predicted octanol–water partition coefficient (Wildman–Crippen LogP) is 3.77. The van der Waals surface area contributed by atoms with Gasteiger partial charge in [-0.3, -0.25) is 4.98 Å². The Morgan fingerprint density at radius 1 is 1.25 bits per heavy atom. The molecule has 0 saturated carbocycles. The first-order valence-electron chi connectivity index (χ1n) is 8.32. The summed E-state index contributed by atoms with van der Waals surface area (Å²) in [6.07, 6.45) is 3.53. The van der Waals surface area contributed by atoms with Crippen molar-refractivity contribution in [3.63, 3.8) is 0 Å². The lowest BCUT2D eigenvalue weighted by Crippen LogP contribution is -2.41. The molecule has 0 aliphatic rings. The minimum absolute atomic E-state index is 0.0363. The minimum atomic E-state index is -0.0971. The number of nitrogens with one attached hydrogen (secondary N) is 1. The maximum atomic E-state index is 12.6. The number of aromatic nitrogens is 1. The van der Waals surface area contributed by atoms with E-state index in [2.05, 4.69) is 10.3 Å². The number of urea groups is 1. The lowest BCUT2D eigenvalue weighted by Gasteiger charge is -2.28. The summed E-state index contributed by atoms with van der Waals surface area (Å²) in [7, 11) is 0. The molecule has 0 fully saturated rings. The van der Waals surface area contributed by atoms with Gasteiger partial charge in [0, 0.05) is 31.0 Å². The maximum absolute atomic E-state index is 12.6. The molecule has 0 spiro atoms. The van der Waals surface area contributed by atoms with Gasteiger partial charge in [0.1, 0.15) is 5.75 Å². The first-order valence-corrected chi connectivity index (χ1v) is 8.32. The predicted molar refractivity (Wildman–Crippen MR) is 94.9 cm³/mol. The van der Waals surface area contributed by atoms with Crippen molar-refractivity contribution < 1.29 is 9.53 Å². The standard InChI is InChI=1S/C19H25N3O2/c1-4-22(15(3)16-10-8-12-20-13-16)19(23)21-14-17-9-6-7-11-18(17)24-5-2/h6-13,15H,4-5,14H2,1-3H3,(H,21,23)/t15-/m1/s1. The van der Waals surface area contributed by atoms with Gasteiger partial charge in [-0.25, -0.2) is 4.79 Å². The number of amides is 2. The molecule has 5 heteroatoms.